The van der Waals surface area contributed by atoms with E-state index in [9.17, 15) is 10.1 Å². The fourth-order valence-corrected chi connectivity index (χ4v) is 2.99. The Labute approximate surface area is 125 Å². The molecule has 1 fully saturated rings. The van der Waals surface area contributed by atoms with Gasteiger partial charge in [0.25, 0.3) is 5.69 Å². The van der Waals surface area contributed by atoms with Gasteiger partial charge in [-0.3, -0.25) is 15.0 Å². The monoisotopic (exact) mass is 293 g/mol. The van der Waals surface area contributed by atoms with E-state index in [2.05, 4.69) is 10.2 Å². The molecule has 21 heavy (non-hydrogen) atoms. The number of nitrogens with zero attached hydrogens (tertiary/aromatic N) is 2. The van der Waals surface area contributed by atoms with Crippen LogP contribution < -0.4 is 10.1 Å². The summed E-state index contributed by atoms with van der Waals surface area (Å²) in [6.07, 6.45) is 2.41. The second-order valence-corrected chi connectivity index (χ2v) is 5.55. The third-order valence-electron chi connectivity index (χ3n) is 3.96. The van der Waals surface area contributed by atoms with E-state index >= 15 is 0 Å². The highest BCUT2D eigenvalue weighted by molar-refractivity contribution is 5.43. The van der Waals surface area contributed by atoms with E-state index in [0.29, 0.717) is 12.5 Å². The molecule has 1 saturated heterocycles. The van der Waals surface area contributed by atoms with Crippen LogP contribution in [-0.2, 0) is 6.54 Å². The van der Waals surface area contributed by atoms with E-state index in [-0.39, 0.29) is 10.6 Å². The minimum Gasteiger partial charge on any atom is -0.496 e. The van der Waals surface area contributed by atoms with E-state index in [1.165, 1.54) is 18.9 Å². The maximum Gasteiger partial charge on any atom is 0.270 e. The summed E-state index contributed by atoms with van der Waals surface area (Å²) in [5.41, 5.74) is 1.01. The molecule has 1 unspecified atom stereocenters. The number of hydrogen-bond donors (Lipinski definition) is 1. The smallest absolute Gasteiger partial charge is 0.270 e. The first-order valence-corrected chi connectivity index (χ1v) is 7.32. The third kappa shape index (κ3) is 4.15. The molecule has 6 nitrogen and oxygen atoms in total. The van der Waals surface area contributed by atoms with Gasteiger partial charge in [-0.2, -0.15) is 0 Å². The molecule has 1 aliphatic heterocycles. The largest absolute Gasteiger partial charge is 0.496 e. The average molecular weight is 293 g/mol. The van der Waals surface area contributed by atoms with Gasteiger partial charge in [0.15, 0.2) is 0 Å². The number of piperidine rings is 1. The van der Waals surface area contributed by atoms with Gasteiger partial charge in [-0.1, -0.05) is 0 Å². The van der Waals surface area contributed by atoms with Crippen molar-refractivity contribution in [2.24, 2.45) is 5.92 Å². The van der Waals surface area contributed by atoms with E-state index in [4.69, 9.17) is 4.74 Å². The first-order valence-electron chi connectivity index (χ1n) is 7.32. The molecular formula is C15H23N3O3. The van der Waals surface area contributed by atoms with Crippen LogP contribution >= 0.6 is 0 Å². The molecule has 0 spiro atoms. The lowest BCUT2D eigenvalue weighted by Crippen LogP contribution is -2.38. The highest BCUT2D eigenvalue weighted by Crippen LogP contribution is 2.27. The highest BCUT2D eigenvalue weighted by Gasteiger charge is 2.21. The normalized spacial score (nSPS) is 19.4. The zero-order valence-electron chi connectivity index (χ0n) is 12.7. The second kappa shape index (κ2) is 7.38. The van der Waals surface area contributed by atoms with Gasteiger partial charge in [0, 0.05) is 30.8 Å². The van der Waals surface area contributed by atoms with Crippen molar-refractivity contribution in [1.29, 1.82) is 0 Å². The van der Waals surface area contributed by atoms with Crippen molar-refractivity contribution < 1.29 is 9.66 Å². The van der Waals surface area contributed by atoms with E-state index in [1.54, 1.807) is 19.2 Å². The summed E-state index contributed by atoms with van der Waals surface area (Å²) in [4.78, 5) is 12.9. The summed E-state index contributed by atoms with van der Waals surface area (Å²) in [7, 11) is 3.58. The molecule has 1 N–H and O–H groups in total. The van der Waals surface area contributed by atoms with Crippen molar-refractivity contribution in [3.8, 4) is 5.75 Å². The Bertz CT molecular complexity index is 491. The fourth-order valence-electron chi connectivity index (χ4n) is 2.99. The SMILES string of the molecule is CNCC1CCCN(Cc2cc([N+](=O)[O-])ccc2OC)C1. The van der Waals surface area contributed by atoms with Crippen LogP contribution in [0.4, 0.5) is 5.69 Å². The zero-order chi connectivity index (χ0) is 15.2. The predicted molar refractivity (Wildman–Crippen MR) is 81.6 cm³/mol. The Morgan fingerprint density at radius 1 is 1.52 bits per heavy atom. The molecule has 1 heterocycles. The number of nitro benzene ring substituents is 1. The lowest BCUT2D eigenvalue weighted by molar-refractivity contribution is -0.385. The highest BCUT2D eigenvalue weighted by atomic mass is 16.6. The molecule has 0 bridgehead atoms. The maximum atomic E-state index is 10.9. The average Bonchev–Trinajstić information content (AvgIpc) is 2.48. The van der Waals surface area contributed by atoms with Crippen molar-refractivity contribution in [2.75, 3.05) is 33.8 Å². The van der Waals surface area contributed by atoms with Gasteiger partial charge in [0.2, 0.25) is 0 Å². The molecule has 0 amide bonds. The Morgan fingerprint density at radius 3 is 3.00 bits per heavy atom. The molecule has 116 valence electrons. The minimum atomic E-state index is -0.358. The van der Waals surface area contributed by atoms with Gasteiger partial charge in [0.1, 0.15) is 5.75 Å². The van der Waals surface area contributed by atoms with Crippen LogP contribution in [0.3, 0.4) is 0 Å². The summed E-state index contributed by atoms with van der Waals surface area (Å²) in [5, 5.41) is 14.2. The first-order chi connectivity index (χ1) is 10.1. The number of nitrogens with one attached hydrogen (secondary N) is 1. The van der Waals surface area contributed by atoms with Crippen molar-refractivity contribution in [1.82, 2.24) is 10.2 Å². The number of non-ortho nitro benzene ring substituents is 1. The van der Waals surface area contributed by atoms with Crippen LogP contribution in [0.25, 0.3) is 0 Å². The fraction of sp³-hybridized carbons (Fsp3) is 0.600. The molecule has 1 atom stereocenters. The lowest BCUT2D eigenvalue weighted by atomic mass is 9.97. The molecule has 2 rings (SSSR count). The molecule has 0 saturated carbocycles. The van der Waals surface area contributed by atoms with Crippen molar-refractivity contribution in [3.05, 3.63) is 33.9 Å². The van der Waals surface area contributed by atoms with Crippen LogP contribution in [0.5, 0.6) is 5.75 Å². The molecule has 6 heteroatoms. The number of nitro groups is 1. The zero-order valence-corrected chi connectivity index (χ0v) is 12.7. The molecule has 1 aromatic rings. The third-order valence-corrected chi connectivity index (χ3v) is 3.96. The number of rotatable bonds is 6. The number of ether oxygens (including phenoxy) is 1. The van der Waals surface area contributed by atoms with Gasteiger partial charge >= 0.3 is 0 Å². The minimum absolute atomic E-state index is 0.120. The van der Waals surface area contributed by atoms with Crippen LogP contribution in [0.15, 0.2) is 18.2 Å². The summed E-state index contributed by atoms with van der Waals surface area (Å²) in [6.45, 7) is 3.77. The van der Waals surface area contributed by atoms with Crippen LogP contribution in [-0.4, -0.2) is 43.6 Å². The molecule has 1 aliphatic rings. The van der Waals surface area contributed by atoms with E-state index in [1.807, 2.05) is 7.05 Å². The Kier molecular flexibility index (Phi) is 5.52. The van der Waals surface area contributed by atoms with Crippen molar-refractivity contribution in [2.45, 2.75) is 19.4 Å². The Balaban J connectivity index is 2.10. The maximum absolute atomic E-state index is 10.9. The van der Waals surface area contributed by atoms with Gasteiger partial charge in [-0.15, -0.1) is 0 Å². The first kappa shape index (κ1) is 15.7. The quantitative estimate of drug-likeness (QED) is 0.642. The molecular weight excluding hydrogens is 270 g/mol. The number of benzene rings is 1. The lowest BCUT2D eigenvalue weighted by Gasteiger charge is -2.32. The Morgan fingerprint density at radius 2 is 2.33 bits per heavy atom. The summed E-state index contributed by atoms with van der Waals surface area (Å²) < 4.78 is 5.33. The number of likely N-dealkylation sites (tertiary alicyclic amines) is 1. The standard InChI is InChI=1S/C15H23N3O3/c1-16-9-12-4-3-7-17(10-12)11-13-8-14(18(19)20)5-6-15(13)21-2/h5-6,8,12,16H,3-4,7,9-11H2,1-2H3. The van der Waals surface area contributed by atoms with Crippen LogP contribution in [0, 0.1) is 16.0 Å². The van der Waals surface area contributed by atoms with Crippen molar-refractivity contribution in [3.63, 3.8) is 0 Å². The van der Waals surface area contributed by atoms with Crippen molar-refractivity contribution >= 4 is 5.69 Å². The van der Waals surface area contributed by atoms with Gasteiger partial charge in [0.05, 0.1) is 12.0 Å². The summed E-state index contributed by atoms with van der Waals surface area (Å²) in [6, 6.07) is 4.80. The predicted octanol–water partition coefficient (Wildman–Crippen LogP) is 2.03. The molecule has 0 radical (unpaired) electrons. The van der Waals surface area contributed by atoms with E-state index < -0.39 is 0 Å². The van der Waals surface area contributed by atoms with Gasteiger partial charge in [-0.05, 0) is 45.0 Å². The molecule has 0 aromatic heterocycles. The Hall–Kier alpha value is -1.66. The van der Waals surface area contributed by atoms with Crippen LogP contribution in [0.2, 0.25) is 0 Å². The second-order valence-electron chi connectivity index (χ2n) is 5.55. The molecule has 0 aliphatic carbocycles. The van der Waals surface area contributed by atoms with Crippen LogP contribution in [0.1, 0.15) is 18.4 Å². The molecule has 1 aromatic carbocycles. The number of methoxy groups -OCH3 is 1. The topological polar surface area (TPSA) is 67.6 Å². The number of hydrogen-bond acceptors (Lipinski definition) is 5. The van der Waals surface area contributed by atoms with Gasteiger partial charge < -0.3 is 10.1 Å². The summed E-state index contributed by atoms with van der Waals surface area (Å²) in [5.74, 6) is 1.37. The van der Waals surface area contributed by atoms with Gasteiger partial charge in [-0.25, -0.2) is 0 Å². The van der Waals surface area contributed by atoms with E-state index in [0.717, 1.165) is 30.9 Å². The summed E-state index contributed by atoms with van der Waals surface area (Å²) >= 11 is 0.